The number of hydrogen-bond donors (Lipinski definition) is 2. The van der Waals surface area contributed by atoms with Crippen molar-refractivity contribution in [1.82, 2.24) is 9.55 Å². The second-order valence-electron chi connectivity index (χ2n) is 4.24. The molecule has 0 radical (unpaired) electrons. The molecule has 2 rings (SSSR count). The summed E-state index contributed by atoms with van der Waals surface area (Å²) < 4.78 is 14.8. The maximum absolute atomic E-state index is 12.9. The van der Waals surface area contributed by atoms with Crippen LogP contribution in [-0.2, 0) is 0 Å². The zero-order valence-electron chi connectivity index (χ0n) is 10.1. The molecule has 0 aliphatic heterocycles. The van der Waals surface area contributed by atoms with Crippen molar-refractivity contribution < 1.29 is 9.50 Å². The van der Waals surface area contributed by atoms with Gasteiger partial charge in [-0.1, -0.05) is 12.1 Å². The first-order valence-corrected chi connectivity index (χ1v) is 5.77. The topological polar surface area (TPSA) is 64.1 Å². The number of aliphatic hydroxyl groups is 1. The number of aromatic nitrogens is 2. The molecule has 2 atom stereocenters. The van der Waals surface area contributed by atoms with Gasteiger partial charge in [-0.05, 0) is 24.6 Å². The van der Waals surface area contributed by atoms with Crippen LogP contribution in [0.15, 0.2) is 36.8 Å². The number of nitrogens with zero attached hydrogens (tertiary/aromatic N) is 2. The molecular formula is C13H16FN3O. The SMILES string of the molecule is CC(c1ccc(F)cc1)n1cncc1C(N)CO. The van der Waals surface area contributed by atoms with E-state index < -0.39 is 6.04 Å². The first kappa shape index (κ1) is 12.7. The van der Waals surface area contributed by atoms with Crippen LogP contribution in [0.1, 0.15) is 30.3 Å². The molecule has 0 spiro atoms. The summed E-state index contributed by atoms with van der Waals surface area (Å²) in [6.07, 6.45) is 3.31. The quantitative estimate of drug-likeness (QED) is 0.865. The minimum Gasteiger partial charge on any atom is -0.394 e. The zero-order valence-corrected chi connectivity index (χ0v) is 10.1. The lowest BCUT2D eigenvalue weighted by atomic mass is 10.1. The molecule has 0 bridgehead atoms. The Labute approximate surface area is 105 Å². The van der Waals surface area contributed by atoms with Crippen LogP contribution in [0.4, 0.5) is 4.39 Å². The summed E-state index contributed by atoms with van der Waals surface area (Å²) in [5.41, 5.74) is 7.53. The number of halogens is 1. The molecule has 0 amide bonds. The molecule has 1 heterocycles. The Balaban J connectivity index is 2.31. The van der Waals surface area contributed by atoms with Crippen LogP contribution in [0.25, 0.3) is 0 Å². The van der Waals surface area contributed by atoms with Crippen molar-refractivity contribution in [3.05, 3.63) is 53.9 Å². The molecule has 2 aromatic rings. The van der Waals surface area contributed by atoms with E-state index in [-0.39, 0.29) is 18.5 Å². The Morgan fingerprint density at radius 1 is 1.39 bits per heavy atom. The average Bonchev–Trinajstić information content (AvgIpc) is 2.87. The molecule has 3 N–H and O–H groups in total. The van der Waals surface area contributed by atoms with Crippen LogP contribution in [0.2, 0.25) is 0 Å². The summed E-state index contributed by atoms with van der Waals surface area (Å²) in [6, 6.07) is 5.83. The van der Waals surface area contributed by atoms with Crippen LogP contribution in [0, 0.1) is 5.82 Å². The first-order chi connectivity index (χ1) is 8.63. The molecule has 0 aliphatic rings. The Bertz CT molecular complexity index is 509. The van der Waals surface area contributed by atoms with Gasteiger partial charge in [0.1, 0.15) is 5.82 Å². The maximum Gasteiger partial charge on any atom is 0.123 e. The van der Waals surface area contributed by atoms with Gasteiger partial charge in [0, 0.05) is 6.20 Å². The number of aliphatic hydroxyl groups excluding tert-OH is 1. The third kappa shape index (κ3) is 2.42. The number of imidazole rings is 1. The number of benzene rings is 1. The van der Waals surface area contributed by atoms with Gasteiger partial charge in [0.15, 0.2) is 0 Å². The largest absolute Gasteiger partial charge is 0.394 e. The normalized spacial score (nSPS) is 14.4. The summed E-state index contributed by atoms with van der Waals surface area (Å²) in [6.45, 7) is 1.84. The highest BCUT2D eigenvalue weighted by molar-refractivity contribution is 5.22. The number of rotatable bonds is 4. The highest BCUT2D eigenvalue weighted by Crippen LogP contribution is 2.22. The predicted octanol–water partition coefficient (Wildman–Crippen LogP) is 1.62. The van der Waals surface area contributed by atoms with Crippen molar-refractivity contribution >= 4 is 0 Å². The van der Waals surface area contributed by atoms with Crippen LogP contribution < -0.4 is 5.73 Å². The smallest absolute Gasteiger partial charge is 0.123 e. The standard InChI is InChI=1S/C13H16FN3O/c1-9(10-2-4-11(14)5-3-10)17-8-16-6-13(17)12(15)7-18/h2-6,8-9,12,18H,7,15H2,1H3. The first-order valence-electron chi connectivity index (χ1n) is 5.77. The summed E-state index contributed by atoms with van der Waals surface area (Å²) in [4.78, 5) is 4.05. The minimum atomic E-state index is -0.463. The van der Waals surface area contributed by atoms with E-state index in [4.69, 9.17) is 10.8 Å². The Morgan fingerprint density at radius 2 is 2.06 bits per heavy atom. The van der Waals surface area contributed by atoms with Crippen molar-refractivity contribution in [1.29, 1.82) is 0 Å². The highest BCUT2D eigenvalue weighted by atomic mass is 19.1. The van der Waals surface area contributed by atoms with E-state index in [1.807, 2.05) is 11.5 Å². The van der Waals surface area contributed by atoms with Gasteiger partial charge >= 0.3 is 0 Å². The van der Waals surface area contributed by atoms with Crippen LogP contribution >= 0.6 is 0 Å². The predicted molar refractivity (Wildman–Crippen MR) is 66.5 cm³/mol. The molecular weight excluding hydrogens is 233 g/mol. The fourth-order valence-electron chi connectivity index (χ4n) is 1.92. The molecule has 96 valence electrons. The Kier molecular flexibility index (Phi) is 3.74. The highest BCUT2D eigenvalue weighted by Gasteiger charge is 2.15. The molecule has 4 nitrogen and oxygen atoms in total. The third-order valence-corrected chi connectivity index (χ3v) is 3.04. The van der Waals surface area contributed by atoms with Gasteiger partial charge < -0.3 is 15.4 Å². The molecule has 1 aromatic carbocycles. The van der Waals surface area contributed by atoms with Gasteiger partial charge in [-0.25, -0.2) is 9.37 Å². The summed E-state index contributed by atoms with van der Waals surface area (Å²) >= 11 is 0. The van der Waals surface area contributed by atoms with E-state index >= 15 is 0 Å². The second-order valence-corrected chi connectivity index (χ2v) is 4.24. The van der Waals surface area contributed by atoms with Crippen molar-refractivity contribution in [2.24, 2.45) is 5.73 Å². The van der Waals surface area contributed by atoms with E-state index in [0.29, 0.717) is 0 Å². The molecule has 0 fully saturated rings. The van der Waals surface area contributed by atoms with E-state index in [0.717, 1.165) is 11.3 Å². The van der Waals surface area contributed by atoms with Crippen molar-refractivity contribution in [3.63, 3.8) is 0 Å². The number of hydrogen-bond acceptors (Lipinski definition) is 3. The summed E-state index contributed by atoms with van der Waals surface area (Å²) in [7, 11) is 0. The number of nitrogens with two attached hydrogens (primary N) is 1. The van der Waals surface area contributed by atoms with Crippen molar-refractivity contribution in [2.45, 2.75) is 19.0 Å². The minimum absolute atomic E-state index is 0.0132. The van der Waals surface area contributed by atoms with E-state index in [9.17, 15) is 4.39 Å². The van der Waals surface area contributed by atoms with E-state index in [1.54, 1.807) is 24.7 Å². The molecule has 0 saturated heterocycles. The average molecular weight is 249 g/mol. The lowest BCUT2D eigenvalue weighted by Gasteiger charge is -2.19. The molecule has 5 heteroatoms. The second kappa shape index (κ2) is 5.29. The zero-order chi connectivity index (χ0) is 13.1. The van der Waals surface area contributed by atoms with Gasteiger partial charge in [-0.3, -0.25) is 0 Å². The van der Waals surface area contributed by atoms with Gasteiger partial charge in [0.25, 0.3) is 0 Å². The monoisotopic (exact) mass is 249 g/mol. The van der Waals surface area contributed by atoms with E-state index in [1.165, 1.54) is 12.1 Å². The van der Waals surface area contributed by atoms with Gasteiger partial charge in [-0.15, -0.1) is 0 Å². The van der Waals surface area contributed by atoms with Gasteiger partial charge in [0.05, 0.1) is 30.7 Å². The van der Waals surface area contributed by atoms with Crippen molar-refractivity contribution in [2.75, 3.05) is 6.61 Å². The molecule has 18 heavy (non-hydrogen) atoms. The lowest BCUT2D eigenvalue weighted by molar-refractivity contribution is 0.262. The van der Waals surface area contributed by atoms with Crippen LogP contribution in [0.5, 0.6) is 0 Å². The lowest BCUT2D eigenvalue weighted by Crippen LogP contribution is -2.20. The van der Waals surface area contributed by atoms with Gasteiger partial charge in [-0.2, -0.15) is 0 Å². The molecule has 0 aliphatic carbocycles. The third-order valence-electron chi connectivity index (χ3n) is 3.04. The Morgan fingerprint density at radius 3 is 2.67 bits per heavy atom. The fourth-order valence-corrected chi connectivity index (χ4v) is 1.92. The van der Waals surface area contributed by atoms with Gasteiger partial charge in [0.2, 0.25) is 0 Å². The molecule has 1 aromatic heterocycles. The molecule has 2 unspecified atom stereocenters. The Hall–Kier alpha value is -1.72. The molecule has 0 saturated carbocycles. The van der Waals surface area contributed by atoms with Crippen LogP contribution in [-0.4, -0.2) is 21.3 Å². The maximum atomic E-state index is 12.9. The van der Waals surface area contributed by atoms with E-state index in [2.05, 4.69) is 4.98 Å². The summed E-state index contributed by atoms with van der Waals surface area (Å²) in [5, 5.41) is 9.10. The van der Waals surface area contributed by atoms with Crippen LogP contribution in [0.3, 0.4) is 0 Å². The summed E-state index contributed by atoms with van der Waals surface area (Å²) in [5.74, 6) is -0.260. The fraction of sp³-hybridized carbons (Fsp3) is 0.308. The van der Waals surface area contributed by atoms with Crippen molar-refractivity contribution in [3.8, 4) is 0 Å².